The monoisotopic (exact) mass is 408 g/mol. The molecule has 3 aromatic rings. The predicted octanol–water partition coefficient (Wildman–Crippen LogP) is 5.03. The van der Waals surface area contributed by atoms with E-state index in [9.17, 15) is 8.78 Å². The standard InChI is InChI=1S/C19H19ClF2N4S/c1-3-25(11-15-16(21)5-4-6-17(15)22)12-26-19(27)24(2)18(23-26)13-7-9-14(20)10-8-13/h4-10H,3,11-12H2,1-2H3. The topological polar surface area (TPSA) is 26.0 Å². The molecule has 0 unspecified atom stereocenters. The number of aromatic nitrogens is 3. The Balaban J connectivity index is 1.87. The first kappa shape index (κ1) is 19.7. The highest BCUT2D eigenvalue weighted by Crippen LogP contribution is 2.21. The van der Waals surface area contributed by atoms with Crippen molar-refractivity contribution in [3.05, 3.63) is 69.5 Å². The van der Waals surface area contributed by atoms with E-state index in [2.05, 4.69) is 5.10 Å². The van der Waals surface area contributed by atoms with Crippen LogP contribution in [0.1, 0.15) is 12.5 Å². The molecule has 0 saturated heterocycles. The van der Waals surface area contributed by atoms with E-state index >= 15 is 0 Å². The Kier molecular flexibility index (Phi) is 6.04. The molecule has 0 radical (unpaired) electrons. The third-order valence-electron chi connectivity index (χ3n) is 4.37. The molecule has 0 saturated carbocycles. The molecule has 3 rings (SSSR count). The largest absolute Gasteiger partial charge is 0.303 e. The van der Waals surface area contributed by atoms with E-state index in [1.54, 1.807) is 21.4 Å². The lowest BCUT2D eigenvalue weighted by molar-refractivity contribution is 0.202. The molecule has 1 aromatic heterocycles. The van der Waals surface area contributed by atoms with Gasteiger partial charge in [0.25, 0.3) is 0 Å². The van der Waals surface area contributed by atoms with Crippen molar-refractivity contribution >= 4 is 23.8 Å². The predicted molar refractivity (Wildman–Crippen MR) is 105 cm³/mol. The summed E-state index contributed by atoms with van der Waals surface area (Å²) in [5.41, 5.74) is 0.926. The Hall–Kier alpha value is -2.09. The van der Waals surface area contributed by atoms with Gasteiger partial charge < -0.3 is 4.57 Å². The molecule has 0 aliphatic heterocycles. The minimum atomic E-state index is -0.556. The van der Waals surface area contributed by atoms with Crippen molar-refractivity contribution in [2.45, 2.75) is 20.1 Å². The molecule has 0 bridgehead atoms. The van der Waals surface area contributed by atoms with E-state index in [1.807, 2.05) is 31.0 Å². The van der Waals surface area contributed by atoms with Crippen LogP contribution in [0.15, 0.2) is 42.5 Å². The first-order valence-corrected chi connectivity index (χ1v) is 9.24. The molecular weight excluding hydrogens is 390 g/mol. The fourth-order valence-electron chi connectivity index (χ4n) is 2.79. The van der Waals surface area contributed by atoms with Gasteiger partial charge in [0.2, 0.25) is 0 Å². The fourth-order valence-corrected chi connectivity index (χ4v) is 3.10. The van der Waals surface area contributed by atoms with E-state index in [4.69, 9.17) is 23.8 Å². The van der Waals surface area contributed by atoms with Crippen LogP contribution in [0.3, 0.4) is 0 Å². The second-order valence-corrected chi connectivity index (χ2v) is 6.96. The van der Waals surface area contributed by atoms with Crippen LogP contribution in [0, 0.1) is 16.4 Å². The van der Waals surface area contributed by atoms with Gasteiger partial charge in [-0.05, 0) is 55.2 Å². The van der Waals surface area contributed by atoms with Gasteiger partial charge in [-0.3, -0.25) is 4.90 Å². The van der Waals surface area contributed by atoms with Crippen LogP contribution in [-0.2, 0) is 20.3 Å². The van der Waals surface area contributed by atoms with Crippen LogP contribution >= 0.6 is 23.8 Å². The first-order valence-electron chi connectivity index (χ1n) is 8.45. The Morgan fingerprint density at radius 1 is 1.11 bits per heavy atom. The molecule has 0 aliphatic rings. The molecule has 27 heavy (non-hydrogen) atoms. The quantitative estimate of drug-likeness (QED) is 0.535. The minimum Gasteiger partial charge on any atom is -0.303 e. The normalized spacial score (nSPS) is 11.3. The van der Waals surface area contributed by atoms with Gasteiger partial charge in [0, 0.05) is 29.7 Å². The smallest absolute Gasteiger partial charge is 0.199 e. The molecule has 142 valence electrons. The maximum atomic E-state index is 14.0. The number of rotatable bonds is 6. The summed E-state index contributed by atoms with van der Waals surface area (Å²) >= 11 is 11.4. The number of hydrogen-bond acceptors (Lipinski definition) is 3. The summed E-state index contributed by atoms with van der Waals surface area (Å²) < 4.78 is 31.9. The van der Waals surface area contributed by atoms with Gasteiger partial charge in [-0.2, -0.15) is 5.10 Å². The zero-order valence-electron chi connectivity index (χ0n) is 15.0. The lowest BCUT2D eigenvalue weighted by Gasteiger charge is -2.20. The number of hydrogen-bond donors (Lipinski definition) is 0. The van der Waals surface area contributed by atoms with Crippen molar-refractivity contribution in [2.75, 3.05) is 6.54 Å². The molecule has 0 N–H and O–H groups in total. The molecule has 0 atom stereocenters. The highest BCUT2D eigenvalue weighted by atomic mass is 35.5. The third-order valence-corrected chi connectivity index (χ3v) is 5.10. The summed E-state index contributed by atoms with van der Waals surface area (Å²) in [4.78, 5) is 1.87. The summed E-state index contributed by atoms with van der Waals surface area (Å²) in [6.07, 6.45) is 0. The number of nitrogens with zero attached hydrogens (tertiary/aromatic N) is 4. The molecule has 1 heterocycles. The zero-order chi connectivity index (χ0) is 19.6. The number of benzene rings is 2. The lowest BCUT2D eigenvalue weighted by Crippen LogP contribution is -2.27. The molecule has 0 aliphatic carbocycles. The average Bonchev–Trinajstić information content (AvgIpc) is 2.93. The summed E-state index contributed by atoms with van der Waals surface area (Å²) in [5, 5.41) is 5.23. The van der Waals surface area contributed by atoms with Crippen molar-refractivity contribution in [1.82, 2.24) is 19.2 Å². The van der Waals surface area contributed by atoms with Gasteiger partial charge in [0.15, 0.2) is 10.6 Å². The van der Waals surface area contributed by atoms with Crippen molar-refractivity contribution in [2.24, 2.45) is 7.05 Å². The fraction of sp³-hybridized carbons (Fsp3) is 0.263. The second kappa shape index (κ2) is 8.29. The van der Waals surface area contributed by atoms with Crippen molar-refractivity contribution in [1.29, 1.82) is 0 Å². The van der Waals surface area contributed by atoms with Crippen molar-refractivity contribution in [3.63, 3.8) is 0 Å². The van der Waals surface area contributed by atoms with Gasteiger partial charge in [-0.1, -0.05) is 24.6 Å². The third kappa shape index (κ3) is 4.26. The highest BCUT2D eigenvalue weighted by Gasteiger charge is 2.16. The Bertz CT molecular complexity index is 978. The van der Waals surface area contributed by atoms with E-state index in [0.29, 0.717) is 28.8 Å². The minimum absolute atomic E-state index is 0.0414. The molecule has 2 aromatic carbocycles. The van der Waals surface area contributed by atoms with Gasteiger partial charge >= 0.3 is 0 Å². The molecule has 4 nitrogen and oxygen atoms in total. The maximum Gasteiger partial charge on any atom is 0.199 e. The van der Waals surface area contributed by atoms with Gasteiger partial charge in [-0.15, -0.1) is 0 Å². The number of halogens is 3. The first-order chi connectivity index (χ1) is 12.9. The van der Waals surface area contributed by atoms with Crippen LogP contribution < -0.4 is 0 Å². The summed E-state index contributed by atoms with van der Waals surface area (Å²) in [6.45, 7) is 2.96. The van der Waals surface area contributed by atoms with Gasteiger partial charge in [0.1, 0.15) is 11.6 Å². The van der Waals surface area contributed by atoms with Crippen LogP contribution in [0.25, 0.3) is 11.4 Å². The molecule has 0 amide bonds. The van der Waals surface area contributed by atoms with E-state index < -0.39 is 11.6 Å². The van der Waals surface area contributed by atoms with Crippen LogP contribution in [0.2, 0.25) is 5.02 Å². The van der Waals surface area contributed by atoms with Crippen molar-refractivity contribution < 1.29 is 8.78 Å². The van der Waals surface area contributed by atoms with E-state index in [-0.39, 0.29) is 12.1 Å². The Morgan fingerprint density at radius 2 is 1.74 bits per heavy atom. The molecule has 0 spiro atoms. The highest BCUT2D eigenvalue weighted by molar-refractivity contribution is 7.71. The van der Waals surface area contributed by atoms with E-state index in [1.165, 1.54) is 18.2 Å². The molecule has 8 heteroatoms. The zero-order valence-corrected chi connectivity index (χ0v) is 16.6. The average molecular weight is 409 g/mol. The van der Waals surface area contributed by atoms with Crippen molar-refractivity contribution in [3.8, 4) is 11.4 Å². The molecule has 0 fully saturated rings. The summed E-state index contributed by atoms with van der Waals surface area (Å²) in [7, 11) is 1.84. The summed E-state index contributed by atoms with van der Waals surface area (Å²) in [5.74, 6) is -0.412. The lowest BCUT2D eigenvalue weighted by atomic mass is 10.2. The Morgan fingerprint density at radius 3 is 2.33 bits per heavy atom. The van der Waals surface area contributed by atoms with Gasteiger partial charge in [-0.25, -0.2) is 13.5 Å². The summed E-state index contributed by atoms with van der Waals surface area (Å²) in [6, 6.07) is 11.2. The SMILES string of the molecule is CCN(Cc1c(F)cccc1F)Cn1nc(-c2ccc(Cl)cc2)n(C)c1=S. The second-order valence-electron chi connectivity index (χ2n) is 6.16. The van der Waals surface area contributed by atoms with Gasteiger partial charge in [0.05, 0.1) is 6.67 Å². The van der Waals surface area contributed by atoms with Crippen LogP contribution in [-0.4, -0.2) is 25.8 Å². The molecular formula is C19H19ClF2N4S. The van der Waals surface area contributed by atoms with Crippen LogP contribution in [0.4, 0.5) is 8.78 Å². The Labute approximate surface area is 166 Å². The van der Waals surface area contributed by atoms with Crippen LogP contribution in [0.5, 0.6) is 0 Å². The van der Waals surface area contributed by atoms with E-state index in [0.717, 1.165) is 5.56 Å². The maximum absolute atomic E-state index is 14.0.